The van der Waals surface area contributed by atoms with Crippen LogP contribution in [0.3, 0.4) is 0 Å². The van der Waals surface area contributed by atoms with Gasteiger partial charge in [-0.3, -0.25) is 0 Å². The van der Waals surface area contributed by atoms with Crippen molar-refractivity contribution in [2.45, 2.75) is 51.9 Å². The fourth-order valence-electron chi connectivity index (χ4n) is 4.70. The van der Waals surface area contributed by atoms with Crippen LogP contribution in [0.5, 0.6) is 0 Å². The molecule has 3 unspecified atom stereocenters. The SMILES string of the molecule is CCCC1CC12CC21CC12CC2. The van der Waals surface area contributed by atoms with Gasteiger partial charge in [0.1, 0.15) is 0 Å². The maximum Gasteiger partial charge on any atom is -0.0170 e. The molecule has 66 valence electrons. The molecule has 3 atom stereocenters. The van der Waals surface area contributed by atoms with Crippen LogP contribution in [0.15, 0.2) is 0 Å². The maximum absolute atomic E-state index is 2.35. The number of rotatable bonds is 2. The minimum atomic E-state index is 0.972. The Morgan fingerprint density at radius 2 is 2.08 bits per heavy atom. The molecule has 0 heteroatoms. The van der Waals surface area contributed by atoms with Crippen LogP contribution in [0.4, 0.5) is 0 Å². The Kier molecular flexibility index (Phi) is 0.755. The van der Waals surface area contributed by atoms with E-state index in [2.05, 4.69) is 6.92 Å². The highest BCUT2D eigenvalue weighted by molar-refractivity contribution is 5.43. The van der Waals surface area contributed by atoms with E-state index in [0.717, 1.165) is 16.2 Å². The lowest BCUT2D eigenvalue weighted by Gasteiger charge is -1.93. The predicted octanol–water partition coefficient (Wildman–Crippen LogP) is 3.37. The summed E-state index contributed by atoms with van der Waals surface area (Å²) >= 11 is 0. The van der Waals surface area contributed by atoms with Crippen molar-refractivity contribution in [3.05, 3.63) is 0 Å². The van der Waals surface area contributed by atoms with Gasteiger partial charge in [-0.15, -0.1) is 0 Å². The summed E-state index contributed by atoms with van der Waals surface area (Å²) in [6.45, 7) is 2.35. The van der Waals surface area contributed by atoms with Gasteiger partial charge in [0.05, 0.1) is 0 Å². The van der Waals surface area contributed by atoms with Gasteiger partial charge in [-0.1, -0.05) is 19.8 Å². The summed E-state index contributed by atoms with van der Waals surface area (Å²) in [5.74, 6) is 1.18. The van der Waals surface area contributed by atoms with Gasteiger partial charge in [0, 0.05) is 0 Å². The number of hydrogen-bond acceptors (Lipinski definition) is 0. The van der Waals surface area contributed by atoms with Gasteiger partial charge in [-0.25, -0.2) is 0 Å². The van der Waals surface area contributed by atoms with Crippen molar-refractivity contribution in [3.8, 4) is 0 Å². The molecule has 4 saturated carbocycles. The second kappa shape index (κ2) is 1.40. The Labute approximate surface area is 74.7 Å². The summed E-state index contributed by atoms with van der Waals surface area (Å²) in [6.07, 6.45) is 11.1. The van der Waals surface area contributed by atoms with E-state index in [-0.39, 0.29) is 0 Å². The summed E-state index contributed by atoms with van der Waals surface area (Å²) in [6, 6.07) is 0. The van der Waals surface area contributed by atoms with Gasteiger partial charge in [0.2, 0.25) is 0 Å². The molecular weight excluding hydrogens is 144 g/mol. The van der Waals surface area contributed by atoms with E-state index in [1.54, 1.807) is 32.1 Å². The number of hydrogen-bond donors (Lipinski definition) is 0. The Morgan fingerprint density at radius 3 is 2.67 bits per heavy atom. The van der Waals surface area contributed by atoms with Gasteiger partial charge < -0.3 is 0 Å². The second-order valence-electron chi connectivity index (χ2n) is 6.06. The summed E-state index contributed by atoms with van der Waals surface area (Å²) < 4.78 is 0. The summed E-state index contributed by atoms with van der Waals surface area (Å²) in [4.78, 5) is 0. The minimum absolute atomic E-state index is 0.972. The van der Waals surface area contributed by atoms with Crippen molar-refractivity contribution in [2.75, 3.05) is 0 Å². The van der Waals surface area contributed by atoms with E-state index >= 15 is 0 Å². The van der Waals surface area contributed by atoms with Crippen LogP contribution in [0.2, 0.25) is 0 Å². The van der Waals surface area contributed by atoms with E-state index in [9.17, 15) is 0 Å². The van der Waals surface area contributed by atoms with E-state index < -0.39 is 0 Å². The third-order valence-electron chi connectivity index (χ3n) is 5.70. The van der Waals surface area contributed by atoms with Crippen molar-refractivity contribution < 1.29 is 0 Å². The molecule has 0 bridgehead atoms. The average Bonchev–Trinajstić information content (AvgIpc) is 2.80. The molecule has 12 heavy (non-hydrogen) atoms. The monoisotopic (exact) mass is 162 g/mol. The van der Waals surface area contributed by atoms with E-state index in [1.165, 1.54) is 18.8 Å². The molecule has 0 amide bonds. The Morgan fingerprint density at radius 1 is 1.25 bits per heavy atom. The molecule has 4 rings (SSSR count). The first kappa shape index (κ1) is 6.45. The predicted molar refractivity (Wildman–Crippen MR) is 48.8 cm³/mol. The van der Waals surface area contributed by atoms with Crippen LogP contribution in [0.25, 0.3) is 0 Å². The molecule has 0 nitrogen and oxygen atoms in total. The van der Waals surface area contributed by atoms with Crippen LogP contribution in [0.1, 0.15) is 51.9 Å². The lowest BCUT2D eigenvalue weighted by molar-refractivity contribution is 0.547. The molecule has 0 heterocycles. The zero-order valence-corrected chi connectivity index (χ0v) is 8.03. The molecule has 0 aromatic heterocycles. The standard InChI is InChI=1S/C12H18/c1-2-3-9-6-11(9)8-12(11)7-10(12)4-5-10/h9H,2-8H2,1H3. The Bertz CT molecular complexity index is 263. The number of fused-ring (bicyclic) bond motifs is 2. The summed E-state index contributed by atoms with van der Waals surface area (Å²) in [5, 5.41) is 0. The van der Waals surface area contributed by atoms with Crippen LogP contribution < -0.4 is 0 Å². The zero-order valence-electron chi connectivity index (χ0n) is 8.03. The van der Waals surface area contributed by atoms with E-state index in [1.807, 2.05) is 0 Å². The fraction of sp³-hybridized carbons (Fsp3) is 1.00. The summed E-state index contributed by atoms with van der Waals surface area (Å²) in [5.41, 5.74) is 2.94. The van der Waals surface area contributed by atoms with Gasteiger partial charge >= 0.3 is 0 Å². The van der Waals surface area contributed by atoms with Gasteiger partial charge in [0.25, 0.3) is 0 Å². The molecule has 0 radical (unpaired) electrons. The maximum atomic E-state index is 2.35. The molecule has 0 saturated heterocycles. The normalized spacial score (nSPS) is 61.2. The highest BCUT2D eigenvalue weighted by atomic mass is 15.0. The van der Waals surface area contributed by atoms with Crippen molar-refractivity contribution in [2.24, 2.45) is 22.2 Å². The highest BCUT2D eigenvalue weighted by Gasteiger charge is 2.95. The third kappa shape index (κ3) is 0.438. The summed E-state index contributed by atoms with van der Waals surface area (Å²) in [7, 11) is 0. The Hall–Kier alpha value is 0. The first-order chi connectivity index (χ1) is 5.79. The molecule has 4 fully saturated rings. The molecule has 4 aliphatic rings. The van der Waals surface area contributed by atoms with Gasteiger partial charge in [-0.2, -0.15) is 0 Å². The average molecular weight is 162 g/mol. The van der Waals surface area contributed by atoms with Gasteiger partial charge in [0.15, 0.2) is 0 Å². The van der Waals surface area contributed by atoms with Crippen LogP contribution in [0, 0.1) is 22.2 Å². The van der Waals surface area contributed by atoms with Crippen molar-refractivity contribution in [1.29, 1.82) is 0 Å². The van der Waals surface area contributed by atoms with Crippen molar-refractivity contribution in [1.82, 2.24) is 0 Å². The molecule has 0 aliphatic heterocycles. The quantitative estimate of drug-likeness (QED) is 0.584. The highest BCUT2D eigenvalue weighted by Crippen LogP contribution is 3.02. The van der Waals surface area contributed by atoms with Crippen LogP contribution in [-0.2, 0) is 0 Å². The first-order valence-electron chi connectivity index (χ1n) is 5.79. The lowest BCUT2D eigenvalue weighted by atomic mass is 10.1. The molecule has 0 aromatic rings. The lowest BCUT2D eigenvalue weighted by Crippen LogP contribution is -1.87. The van der Waals surface area contributed by atoms with Gasteiger partial charge in [-0.05, 0) is 54.3 Å². The zero-order chi connectivity index (χ0) is 8.03. The molecule has 0 aromatic carbocycles. The first-order valence-corrected chi connectivity index (χ1v) is 5.79. The smallest absolute Gasteiger partial charge is 0.0170 e. The van der Waals surface area contributed by atoms with E-state index in [4.69, 9.17) is 0 Å². The molecule has 4 aliphatic carbocycles. The van der Waals surface area contributed by atoms with Crippen molar-refractivity contribution >= 4 is 0 Å². The Balaban J connectivity index is 1.55. The third-order valence-corrected chi connectivity index (χ3v) is 5.70. The topological polar surface area (TPSA) is 0 Å². The van der Waals surface area contributed by atoms with E-state index in [0.29, 0.717) is 0 Å². The van der Waals surface area contributed by atoms with Crippen LogP contribution in [-0.4, -0.2) is 0 Å². The largest absolute Gasteiger partial charge is 0.0654 e. The molecular formula is C12H18. The second-order valence-corrected chi connectivity index (χ2v) is 6.06. The molecule has 3 spiro atoms. The van der Waals surface area contributed by atoms with Crippen molar-refractivity contribution in [3.63, 3.8) is 0 Å². The fourth-order valence-corrected chi connectivity index (χ4v) is 4.70. The minimum Gasteiger partial charge on any atom is -0.0654 e. The van der Waals surface area contributed by atoms with Crippen LogP contribution >= 0.6 is 0 Å². The molecule has 0 N–H and O–H groups in total.